The summed E-state index contributed by atoms with van der Waals surface area (Å²) < 4.78 is 27.8. The number of nitrogens with two attached hydrogens (primary N) is 1. The van der Waals surface area contributed by atoms with Crippen molar-refractivity contribution in [1.82, 2.24) is 4.31 Å². The Bertz CT molecular complexity index is 613. The van der Waals surface area contributed by atoms with Gasteiger partial charge in [0.25, 0.3) is 0 Å². The van der Waals surface area contributed by atoms with Crippen molar-refractivity contribution in [2.75, 3.05) is 12.8 Å². The van der Waals surface area contributed by atoms with E-state index in [-0.39, 0.29) is 10.9 Å². The van der Waals surface area contributed by atoms with Crippen LogP contribution in [0.15, 0.2) is 26.0 Å². The van der Waals surface area contributed by atoms with Crippen molar-refractivity contribution >= 4 is 47.6 Å². The smallest absolute Gasteiger partial charge is 0.245 e. The van der Waals surface area contributed by atoms with Crippen LogP contribution in [0.1, 0.15) is 25.7 Å². The van der Waals surface area contributed by atoms with Gasteiger partial charge in [-0.25, -0.2) is 8.42 Å². The highest BCUT2D eigenvalue weighted by molar-refractivity contribution is 9.11. The number of anilines is 1. The maximum absolute atomic E-state index is 12.8. The minimum absolute atomic E-state index is 0.136. The lowest BCUT2D eigenvalue weighted by molar-refractivity contribution is 0.0637. The zero-order valence-electron chi connectivity index (χ0n) is 11.6. The van der Waals surface area contributed by atoms with E-state index >= 15 is 0 Å². The van der Waals surface area contributed by atoms with E-state index in [9.17, 15) is 13.5 Å². The molecule has 0 bridgehead atoms. The first-order valence-corrected chi connectivity index (χ1v) is 9.68. The topological polar surface area (TPSA) is 83.6 Å². The van der Waals surface area contributed by atoms with Crippen molar-refractivity contribution in [3.63, 3.8) is 0 Å². The van der Waals surface area contributed by atoms with Crippen LogP contribution in [0.2, 0.25) is 0 Å². The number of nitrogen functional groups attached to an aromatic ring is 1. The summed E-state index contributed by atoms with van der Waals surface area (Å²) in [6.45, 7) is 0. The molecule has 1 aromatic carbocycles. The average molecular weight is 442 g/mol. The third-order valence-electron chi connectivity index (χ3n) is 3.82. The van der Waals surface area contributed by atoms with Gasteiger partial charge in [-0.15, -0.1) is 0 Å². The molecule has 0 aromatic heterocycles. The summed E-state index contributed by atoms with van der Waals surface area (Å²) in [7, 11) is -2.21. The van der Waals surface area contributed by atoms with E-state index in [0.29, 0.717) is 27.5 Å². The minimum Gasteiger partial charge on any atom is -0.399 e. The van der Waals surface area contributed by atoms with E-state index in [1.54, 1.807) is 12.1 Å². The molecule has 1 aliphatic rings. The first kappa shape index (κ1) is 17.2. The fourth-order valence-electron chi connectivity index (χ4n) is 2.66. The van der Waals surface area contributed by atoms with Crippen LogP contribution >= 0.6 is 31.9 Å². The Morgan fingerprint density at radius 2 is 1.76 bits per heavy atom. The molecule has 0 saturated heterocycles. The second-order valence-corrected chi connectivity index (χ2v) is 8.90. The molecule has 2 rings (SSSR count). The summed E-state index contributed by atoms with van der Waals surface area (Å²) in [5.41, 5.74) is 6.17. The summed E-state index contributed by atoms with van der Waals surface area (Å²) in [5, 5.41) is 10.1. The standard InChI is InChI=1S/C13H18Br2N2O3S/c1-17(11-4-2-3-5-12(11)18)21(19,20)13-9(14)6-8(16)7-10(13)15/h6-7,11-12,18H,2-5,16H2,1H3. The van der Waals surface area contributed by atoms with Gasteiger partial charge in [0.1, 0.15) is 4.90 Å². The third kappa shape index (κ3) is 3.44. The Labute approximate surface area is 141 Å². The monoisotopic (exact) mass is 440 g/mol. The molecule has 2 unspecified atom stereocenters. The lowest BCUT2D eigenvalue weighted by Crippen LogP contribution is -2.46. The van der Waals surface area contributed by atoms with Crippen LogP contribution in [0.5, 0.6) is 0 Å². The fourth-order valence-corrected chi connectivity index (χ4v) is 6.61. The molecule has 1 fully saturated rings. The van der Waals surface area contributed by atoms with E-state index < -0.39 is 16.1 Å². The molecule has 0 amide bonds. The predicted molar refractivity (Wildman–Crippen MR) is 89.5 cm³/mol. The molecule has 0 spiro atoms. The van der Waals surface area contributed by atoms with Gasteiger partial charge < -0.3 is 10.8 Å². The highest BCUT2D eigenvalue weighted by Gasteiger charge is 2.36. The molecule has 0 aliphatic heterocycles. The number of rotatable bonds is 3. The van der Waals surface area contributed by atoms with Crippen molar-refractivity contribution in [2.24, 2.45) is 0 Å². The van der Waals surface area contributed by atoms with Crippen molar-refractivity contribution < 1.29 is 13.5 Å². The summed E-state index contributed by atoms with van der Waals surface area (Å²) in [5.74, 6) is 0. The summed E-state index contributed by atoms with van der Waals surface area (Å²) >= 11 is 6.53. The van der Waals surface area contributed by atoms with Crippen LogP contribution in [-0.2, 0) is 10.0 Å². The van der Waals surface area contributed by atoms with E-state index in [2.05, 4.69) is 31.9 Å². The molecular formula is C13H18Br2N2O3S. The zero-order valence-corrected chi connectivity index (χ0v) is 15.6. The molecule has 21 heavy (non-hydrogen) atoms. The number of benzene rings is 1. The molecule has 1 aliphatic carbocycles. The fraction of sp³-hybridized carbons (Fsp3) is 0.538. The van der Waals surface area contributed by atoms with Gasteiger partial charge in [-0.05, 0) is 56.8 Å². The first-order chi connectivity index (χ1) is 9.75. The zero-order chi connectivity index (χ0) is 15.8. The molecule has 1 saturated carbocycles. The number of halogens is 2. The van der Waals surface area contributed by atoms with Crippen LogP contribution in [-0.4, -0.2) is 37.0 Å². The Kier molecular flexibility index (Phi) is 5.36. The molecule has 1 aromatic rings. The molecule has 5 nitrogen and oxygen atoms in total. The van der Waals surface area contributed by atoms with Gasteiger partial charge in [0.05, 0.1) is 12.1 Å². The number of likely N-dealkylation sites (N-methyl/N-ethyl adjacent to an activating group) is 1. The lowest BCUT2D eigenvalue weighted by Gasteiger charge is -2.34. The Morgan fingerprint density at radius 3 is 2.29 bits per heavy atom. The van der Waals surface area contributed by atoms with Crippen LogP contribution in [0, 0.1) is 0 Å². The molecular weight excluding hydrogens is 424 g/mol. The average Bonchev–Trinajstić information content (AvgIpc) is 2.36. The van der Waals surface area contributed by atoms with Gasteiger partial charge >= 0.3 is 0 Å². The van der Waals surface area contributed by atoms with E-state index in [0.717, 1.165) is 12.8 Å². The molecule has 0 heterocycles. The highest BCUT2D eigenvalue weighted by atomic mass is 79.9. The second kappa shape index (κ2) is 6.54. The number of hydrogen-bond donors (Lipinski definition) is 2. The maximum Gasteiger partial charge on any atom is 0.245 e. The minimum atomic E-state index is -3.73. The Hall–Kier alpha value is -0.150. The van der Waals surface area contributed by atoms with Crippen LogP contribution in [0.4, 0.5) is 5.69 Å². The van der Waals surface area contributed by atoms with Gasteiger partial charge in [0.2, 0.25) is 10.0 Å². The van der Waals surface area contributed by atoms with Gasteiger partial charge in [0.15, 0.2) is 0 Å². The SMILES string of the molecule is CN(C1CCCCC1O)S(=O)(=O)c1c(Br)cc(N)cc1Br. The quantitative estimate of drug-likeness (QED) is 0.706. The number of sulfonamides is 1. The number of aliphatic hydroxyl groups excluding tert-OH is 1. The molecule has 118 valence electrons. The lowest BCUT2D eigenvalue weighted by atomic mass is 9.93. The van der Waals surface area contributed by atoms with Gasteiger partial charge in [-0.3, -0.25) is 0 Å². The van der Waals surface area contributed by atoms with E-state index in [4.69, 9.17) is 5.73 Å². The van der Waals surface area contributed by atoms with Crippen molar-refractivity contribution in [1.29, 1.82) is 0 Å². The van der Waals surface area contributed by atoms with E-state index in [1.165, 1.54) is 11.4 Å². The predicted octanol–water partition coefficient (Wildman–Crippen LogP) is 2.72. The first-order valence-electron chi connectivity index (χ1n) is 6.65. The normalized spacial score (nSPS) is 23.5. The summed E-state index contributed by atoms with van der Waals surface area (Å²) in [6.07, 6.45) is 2.53. The number of hydrogen-bond acceptors (Lipinski definition) is 4. The number of nitrogens with zero attached hydrogens (tertiary/aromatic N) is 1. The van der Waals surface area contributed by atoms with E-state index in [1.807, 2.05) is 0 Å². The highest BCUT2D eigenvalue weighted by Crippen LogP contribution is 2.36. The second-order valence-electron chi connectivity index (χ2n) is 5.25. The molecule has 8 heteroatoms. The third-order valence-corrected chi connectivity index (χ3v) is 7.58. The Morgan fingerprint density at radius 1 is 1.24 bits per heavy atom. The molecule has 3 N–H and O–H groups in total. The Balaban J connectivity index is 2.42. The van der Waals surface area contributed by atoms with Crippen molar-refractivity contribution in [3.05, 3.63) is 21.1 Å². The van der Waals surface area contributed by atoms with Crippen LogP contribution in [0.3, 0.4) is 0 Å². The van der Waals surface area contributed by atoms with Crippen LogP contribution < -0.4 is 5.73 Å². The van der Waals surface area contributed by atoms with Gasteiger partial charge in [0, 0.05) is 21.7 Å². The van der Waals surface area contributed by atoms with Crippen molar-refractivity contribution in [3.8, 4) is 0 Å². The van der Waals surface area contributed by atoms with Gasteiger partial charge in [-0.2, -0.15) is 4.31 Å². The van der Waals surface area contributed by atoms with Crippen LogP contribution in [0.25, 0.3) is 0 Å². The summed E-state index contributed by atoms with van der Waals surface area (Å²) in [6, 6.07) is 2.73. The largest absolute Gasteiger partial charge is 0.399 e. The molecule has 2 atom stereocenters. The van der Waals surface area contributed by atoms with Crippen molar-refractivity contribution in [2.45, 2.75) is 42.7 Å². The van der Waals surface area contributed by atoms with Gasteiger partial charge in [-0.1, -0.05) is 12.8 Å². The maximum atomic E-state index is 12.8. The molecule has 0 radical (unpaired) electrons. The summed E-state index contributed by atoms with van der Waals surface area (Å²) in [4.78, 5) is 0.136. The number of aliphatic hydroxyl groups is 1.